The summed E-state index contributed by atoms with van der Waals surface area (Å²) in [6.07, 6.45) is 0.548. The molecule has 9 heteroatoms. The molecular formula is CH6ClO6PS. The second-order valence-electron chi connectivity index (χ2n) is 1.27. The third kappa shape index (κ3) is 11.2. The van der Waals surface area contributed by atoms with Crippen molar-refractivity contribution in [2.24, 2.45) is 0 Å². The number of hydrogen-bond acceptors (Lipinski definition) is 4. The van der Waals surface area contributed by atoms with Crippen LogP contribution in [0.5, 0.6) is 0 Å². The van der Waals surface area contributed by atoms with Crippen molar-refractivity contribution in [2.75, 3.05) is 6.26 Å². The van der Waals surface area contributed by atoms with Crippen LogP contribution in [0.2, 0.25) is 0 Å². The fourth-order valence-corrected chi connectivity index (χ4v) is 1.59. The summed E-state index contributed by atoms with van der Waals surface area (Å²) in [6, 6.07) is 0. The minimum Gasteiger partial charge on any atom is -0.302 e. The SMILES string of the molecule is CS(=O)(=O)OP(=O)(O)O.Cl. The minimum absolute atomic E-state index is 0. The fourth-order valence-electron chi connectivity index (χ4n) is 0.176. The molecule has 0 radical (unpaired) electrons. The zero-order valence-electron chi connectivity index (χ0n) is 4.79. The van der Waals surface area contributed by atoms with Gasteiger partial charge in [0.05, 0.1) is 6.26 Å². The maximum absolute atomic E-state index is 9.93. The van der Waals surface area contributed by atoms with E-state index in [0.29, 0.717) is 6.26 Å². The van der Waals surface area contributed by atoms with Gasteiger partial charge in [-0.1, -0.05) is 0 Å². The Kier molecular flexibility index (Phi) is 4.75. The Bertz CT molecular complexity index is 224. The lowest BCUT2D eigenvalue weighted by Gasteiger charge is -1.99. The van der Waals surface area contributed by atoms with Gasteiger partial charge in [-0.25, -0.2) is 4.57 Å². The van der Waals surface area contributed by atoms with Crippen molar-refractivity contribution in [1.82, 2.24) is 0 Å². The molecule has 0 spiro atoms. The normalized spacial score (nSPS) is 12.3. The number of hydrogen-bond donors (Lipinski definition) is 2. The molecule has 0 saturated heterocycles. The summed E-state index contributed by atoms with van der Waals surface area (Å²) in [4.78, 5) is 15.7. The van der Waals surface area contributed by atoms with Crippen LogP contribution in [-0.2, 0) is 18.7 Å². The van der Waals surface area contributed by atoms with Gasteiger partial charge < -0.3 is 9.79 Å². The molecule has 0 heterocycles. The van der Waals surface area contributed by atoms with Gasteiger partial charge in [0.2, 0.25) is 0 Å². The zero-order chi connectivity index (χ0) is 7.71. The van der Waals surface area contributed by atoms with Crippen LogP contribution in [0.1, 0.15) is 0 Å². The lowest BCUT2D eigenvalue weighted by Crippen LogP contribution is -1.99. The van der Waals surface area contributed by atoms with E-state index in [4.69, 9.17) is 9.79 Å². The third-order valence-electron chi connectivity index (χ3n) is 0.232. The molecule has 6 nitrogen and oxygen atoms in total. The maximum atomic E-state index is 9.93. The highest BCUT2D eigenvalue weighted by molar-refractivity contribution is 7.89. The number of halogens is 1. The minimum atomic E-state index is -4.88. The van der Waals surface area contributed by atoms with Gasteiger partial charge in [0.25, 0.3) is 10.1 Å². The largest absolute Gasteiger partial charge is 0.484 e. The van der Waals surface area contributed by atoms with E-state index in [0.717, 1.165) is 0 Å². The summed E-state index contributed by atoms with van der Waals surface area (Å²) in [5.74, 6) is 0. The molecule has 0 aliphatic rings. The highest BCUT2D eigenvalue weighted by atomic mass is 35.5. The first-order chi connectivity index (χ1) is 3.71. The molecule has 0 amide bonds. The molecule has 0 aromatic heterocycles. The molecule has 0 fully saturated rings. The van der Waals surface area contributed by atoms with Crippen LogP contribution in [0.15, 0.2) is 0 Å². The molecule has 0 aliphatic heterocycles. The van der Waals surface area contributed by atoms with Crippen LogP contribution in [0.25, 0.3) is 0 Å². The standard InChI is InChI=1S/CH5O6PS.ClH/c1-9(5,6)7-8(2,3)4;/h1H3,(H2,2,3,4);1H. The molecule has 0 aromatic rings. The fraction of sp³-hybridized carbons (Fsp3) is 1.00. The van der Waals surface area contributed by atoms with Gasteiger partial charge in [-0.2, -0.15) is 12.4 Å². The van der Waals surface area contributed by atoms with Gasteiger partial charge in [0, 0.05) is 0 Å². The monoisotopic (exact) mass is 212 g/mol. The molecular weight excluding hydrogens is 206 g/mol. The Morgan fingerprint density at radius 2 is 1.70 bits per heavy atom. The van der Waals surface area contributed by atoms with Crippen LogP contribution in [0, 0.1) is 0 Å². The molecule has 0 bridgehead atoms. The average Bonchev–Trinajstić information content (AvgIpc) is 1.14. The second-order valence-corrected chi connectivity index (χ2v) is 4.25. The lowest BCUT2D eigenvalue weighted by molar-refractivity contribution is 0.286. The van der Waals surface area contributed by atoms with Gasteiger partial charge in [0.15, 0.2) is 0 Å². The molecule has 64 valence electrons. The summed E-state index contributed by atoms with van der Waals surface area (Å²) in [7, 11) is -8.92. The van der Waals surface area contributed by atoms with Crippen LogP contribution in [0.4, 0.5) is 0 Å². The Hall–Kier alpha value is 0.350. The zero-order valence-corrected chi connectivity index (χ0v) is 7.32. The predicted molar refractivity (Wildman–Crippen MR) is 35.2 cm³/mol. The van der Waals surface area contributed by atoms with E-state index >= 15 is 0 Å². The Morgan fingerprint density at radius 1 is 1.40 bits per heavy atom. The van der Waals surface area contributed by atoms with Gasteiger partial charge >= 0.3 is 7.82 Å². The molecule has 0 rings (SSSR count). The highest BCUT2D eigenvalue weighted by Gasteiger charge is 2.20. The van der Waals surface area contributed by atoms with Crippen LogP contribution < -0.4 is 0 Å². The topological polar surface area (TPSA) is 101 Å². The first-order valence-corrected chi connectivity index (χ1v) is 5.02. The first-order valence-electron chi connectivity index (χ1n) is 1.67. The van der Waals surface area contributed by atoms with Gasteiger partial charge in [-0.3, -0.25) is 0 Å². The molecule has 10 heavy (non-hydrogen) atoms. The quantitative estimate of drug-likeness (QED) is 0.597. The molecule has 0 atom stereocenters. The summed E-state index contributed by atoms with van der Waals surface area (Å²) in [6.45, 7) is 0. The third-order valence-corrected chi connectivity index (χ3v) is 2.09. The molecule has 0 unspecified atom stereocenters. The van der Waals surface area contributed by atoms with Gasteiger partial charge in [-0.05, 0) is 0 Å². The Morgan fingerprint density at radius 3 is 1.70 bits per heavy atom. The summed E-state index contributed by atoms with van der Waals surface area (Å²) < 4.78 is 32.9. The van der Waals surface area contributed by atoms with E-state index < -0.39 is 17.9 Å². The van der Waals surface area contributed by atoms with Crippen molar-refractivity contribution in [1.29, 1.82) is 0 Å². The Labute approximate surface area is 64.0 Å². The number of phosphoric acid groups is 1. The van der Waals surface area contributed by atoms with Crippen molar-refractivity contribution in [3.63, 3.8) is 0 Å². The molecule has 0 aromatic carbocycles. The molecule has 0 aliphatic carbocycles. The van der Waals surface area contributed by atoms with E-state index in [9.17, 15) is 13.0 Å². The van der Waals surface area contributed by atoms with Crippen LogP contribution in [-0.4, -0.2) is 24.5 Å². The van der Waals surface area contributed by atoms with E-state index in [1.54, 1.807) is 0 Å². The van der Waals surface area contributed by atoms with Crippen molar-refractivity contribution < 1.29 is 26.7 Å². The van der Waals surface area contributed by atoms with Gasteiger partial charge in [0.1, 0.15) is 0 Å². The Balaban J connectivity index is 0. The van der Waals surface area contributed by atoms with Crippen LogP contribution in [0.3, 0.4) is 0 Å². The first kappa shape index (κ1) is 13.0. The van der Waals surface area contributed by atoms with E-state index in [2.05, 4.69) is 3.97 Å². The average molecular weight is 213 g/mol. The van der Waals surface area contributed by atoms with E-state index in [-0.39, 0.29) is 12.4 Å². The lowest BCUT2D eigenvalue weighted by atomic mass is 12.0. The van der Waals surface area contributed by atoms with Crippen molar-refractivity contribution >= 4 is 30.3 Å². The van der Waals surface area contributed by atoms with Crippen molar-refractivity contribution in [3.8, 4) is 0 Å². The molecule has 0 saturated carbocycles. The molecule has 2 N–H and O–H groups in total. The van der Waals surface area contributed by atoms with E-state index in [1.807, 2.05) is 0 Å². The smallest absolute Gasteiger partial charge is 0.302 e. The predicted octanol–water partition coefficient (Wildman–Crippen LogP) is -0.523. The van der Waals surface area contributed by atoms with E-state index in [1.165, 1.54) is 0 Å². The summed E-state index contributed by atoms with van der Waals surface area (Å²) in [5.41, 5.74) is 0. The second kappa shape index (κ2) is 3.66. The van der Waals surface area contributed by atoms with Crippen LogP contribution >= 0.6 is 20.2 Å². The van der Waals surface area contributed by atoms with Crippen molar-refractivity contribution in [3.05, 3.63) is 0 Å². The van der Waals surface area contributed by atoms with Gasteiger partial charge in [-0.15, -0.1) is 12.4 Å². The van der Waals surface area contributed by atoms with Crippen molar-refractivity contribution in [2.45, 2.75) is 0 Å². The summed E-state index contributed by atoms with van der Waals surface area (Å²) >= 11 is 0. The number of rotatable bonds is 2. The summed E-state index contributed by atoms with van der Waals surface area (Å²) in [5, 5.41) is 0. The maximum Gasteiger partial charge on any atom is 0.484 e. The highest BCUT2D eigenvalue weighted by Crippen LogP contribution is 2.37.